The molecule has 1 aliphatic rings. The van der Waals surface area contributed by atoms with Gasteiger partial charge in [0.1, 0.15) is 53.1 Å². The summed E-state index contributed by atoms with van der Waals surface area (Å²) < 4.78 is 22.9. The highest BCUT2D eigenvalue weighted by molar-refractivity contribution is 6.33. The Morgan fingerprint density at radius 2 is 1.79 bits per heavy atom. The largest absolute Gasteiger partial charge is 0.496 e. The second kappa shape index (κ2) is 13.4. The highest BCUT2D eigenvalue weighted by Gasteiger charge is 2.40. The Labute approximate surface area is 246 Å². The van der Waals surface area contributed by atoms with Crippen molar-refractivity contribution < 1.29 is 49.0 Å². The van der Waals surface area contributed by atoms with Crippen molar-refractivity contribution >= 4 is 28.5 Å². The van der Waals surface area contributed by atoms with E-state index < -0.39 is 43.0 Å². The Morgan fingerprint density at radius 3 is 2.43 bits per heavy atom. The number of aliphatic hydroxyl groups excluding tert-OH is 5. The minimum Gasteiger partial charge on any atom is -0.496 e. The van der Waals surface area contributed by atoms with Gasteiger partial charge in [-0.25, -0.2) is 4.79 Å². The van der Waals surface area contributed by atoms with Gasteiger partial charge in [-0.2, -0.15) is 0 Å². The van der Waals surface area contributed by atoms with Crippen LogP contribution in [0.25, 0.3) is 22.3 Å². The van der Waals surface area contributed by atoms with E-state index in [0.29, 0.717) is 34.9 Å². The Morgan fingerprint density at radius 1 is 1.10 bits per heavy atom. The third kappa shape index (κ3) is 6.11. The van der Waals surface area contributed by atoms with Gasteiger partial charge in [0.2, 0.25) is 0 Å². The second-order valence-electron chi connectivity index (χ2n) is 10.1. The summed E-state index contributed by atoms with van der Waals surface area (Å²) in [4.78, 5) is 28.0. The molecule has 1 aliphatic heterocycles. The average molecular weight is 608 g/mol. The highest BCUT2D eigenvalue weighted by atomic mass is 35.5. The summed E-state index contributed by atoms with van der Waals surface area (Å²) in [5, 5.41) is 49.2. The first-order chi connectivity index (χ1) is 20.0. The van der Waals surface area contributed by atoms with Gasteiger partial charge in [0.25, 0.3) is 0 Å². The third-order valence-electron chi connectivity index (χ3n) is 7.63. The second-order valence-corrected chi connectivity index (χ2v) is 10.5. The fraction of sp³-hybridized carbons (Fsp3) is 0.448. The van der Waals surface area contributed by atoms with Gasteiger partial charge in [-0.05, 0) is 32.1 Å². The predicted octanol–water partition coefficient (Wildman–Crippen LogP) is 0.897. The lowest BCUT2D eigenvalue weighted by atomic mass is 9.89. The summed E-state index contributed by atoms with van der Waals surface area (Å²) in [6, 6.07) is 9.39. The molecule has 4 rings (SSSR count). The first-order valence-electron chi connectivity index (χ1n) is 13.2. The fourth-order valence-electron chi connectivity index (χ4n) is 5.28. The van der Waals surface area contributed by atoms with E-state index in [0.717, 1.165) is 0 Å². The van der Waals surface area contributed by atoms with Crippen LogP contribution in [0.1, 0.15) is 17.9 Å². The maximum atomic E-state index is 13.4. The van der Waals surface area contributed by atoms with Crippen LogP contribution >= 0.6 is 11.6 Å². The number of rotatable bonds is 11. The number of ether oxygens (including phenoxy) is 3. The van der Waals surface area contributed by atoms with E-state index in [2.05, 4.69) is 0 Å². The number of likely N-dealkylation sites (tertiary alicyclic amines) is 1. The van der Waals surface area contributed by atoms with Crippen LogP contribution in [-0.4, -0.2) is 108 Å². The zero-order valence-corrected chi connectivity index (χ0v) is 24.0. The molecule has 0 spiro atoms. The van der Waals surface area contributed by atoms with Gasteiger partial charge in [-0.1, -0.05) is 23.7 Å². The van der Waals surface area contributed by atoms with E-state index in [1.807, 2.05) is 11.9 Å². The van der Waals surface area contributed by atoms with E-state index in [1.54, 1.807) is 30.3 Å². The number of esters is 1. The van der Waals surface area contributed by atoms with Crippen LogP contribution in [0.15, 0.2) is 45.6 Å². The molecule has 0 aliphatic carbocycles. The van der Waals surface area contributed by atoms with E-state index in [1.165, 1.54) is 20.3 Å². The molecular weight excluding hydrogens is 574 g/mol. The van der Waals surface area contributed by atoms with Crippen LogP contribution in [0, 0.1) is 0 Å². The molecule has 0 bridgehead atoms. The molecule has 0 saturated carbocycles. The number of aliphatic hydroxyl groups is 5. The topological polar surface area (TPSA) is 179 Å². The van der Waals surface area contributed by atoms with Gasteiger partial charge in [0.05, 0.1) is 31.9 Å². The monoisotopic (exact) mass is 607 g/mol. The van der Waals surface area contributed by atoms with Gasteiger partial charge in [-0.15, -0.1) is 0 Å². The van der Waals surface area contributed by atoms with E-state index in [9.17, 15) is 30.0 Å². The van der Waals surface area contributed by atoms with Crippen molar-refractivity contribution in [1.82, 2.24) is 4.90 Å². The smallest absolute Gasteiger partial charge is 0.337 e. The molecule has 5 N–H and O–H groups in total. The number of hydrogen-bond donors (Lipinski definition) is 5. The number of carbonyl (C=O) groups is 1. The van der Waals surface area contributed by atoms with E-state index in [4.69, 9.17) is 35.3 Å². The van der Waals surface area contributed by atoms with Crippen molar-refractivity contribution in [3.05, 3.63) is 57.2 Å². The number of fused-ring (bicyclic) bond motifs is 1. The van der Waals surface area contributed by atoms with E-state index >= 15 is 0 Å². The number of likely N-dealkylation sites (N-methyl/N-ethyl adjacent to an activating group) is 1. The number of methoxy groups -OCH3 is 2. The molecule has 228 valence electrons. The molecule has 1 fully saturated rings. The molecule has 2 aromatic carbocycles. The molecule has 1 aromatic heterocycles. The van der Waals surface area contributed by atoms with Crippen molar-refractivity contribution in [2.45, 2.75) is 42.8 Å². The van der Waals surface area contributed by atoms with Gasteiger partial charge < -0.3 is 44.2 Å². The molecule has 2 heterocycles. The number of benzene rings is 2. The maximum Gasteiger partial charge on any atom is 0.337 e. The summed E-state index contributed by atoms with van der Waals surface area (Å²) in [5.41, 5.74) is 0.927. The van der Waals surface area contributed by atoms with E-state index in [-0.39, 0.29) is 40.4 Å². The van der Waals surface area contributed by atoms with Crippen LogP contribution in [0.2, 0.25) is 5.02 Å². The van der Waals surface area contributed by atoms with Crippen LogP contribution in [0.4, 0.5) is 0 Å². The summed E-state index contributed by atoms with van der Waals surface area (Å²) in [7, 11) is 4.71. The summed E-state index contributed by atoms with van der Waals surface area (Å²) in [6.45, 7) is -0.557. The normalized spacial score (nSPS) is 20.2. The molecule has 1 saturated heterocycles. The van der Waals surface area contributed by atoms with Crippen LogP contribution in [0.5, 0.6) is 11.5 Å². The molecule has 12 nitrogen and oxygen atoms in total. The summed E-state index contributed by atoms with van der Waals surface area (Å²) in [6.07, 6.45) is -7.47. The van der Waals surface area contributed by atoms with Crippen molar-refractivity contribution in [1.29, 1.82) is 0 Å². The van der Waals surface area contributed by atoms with Crippen molar-refractivity contribution in [3.63, 3.8) is 0 Å². The zero-order valence-electron chi connectivity index (χ0n) is 23.3. The minimum atomic E-state index is -2.18. The molecular formula is C29H34ClNO11. The lowest BCUT2D eigenvalue weighted by Crippen LogP contribution is -2.49. The molecule has 3 aromatic rings. The maximum absolute atomic E-state index is 13.4. The standard InChI is InChI=1S/C29H34ClNO11/c1-31-9-8-15(17(31)13-41-29(38)27(37)26(36)25(35)19(34)12-32)23-21(39-2)11-22(40-3)24-18(33)10-20(42-28(23)24)14-6-4-5-7-16(14)30/h4-7,10-11,15,17,19,25-27,32,34-37H,8-9,12-13H2,1-3H3/t15-,17+,19+,25+,26-,27+/m0/s1. The lowest BCUT2D eigenvalue weighted by molar-refractivity contribution is -0.171. The first kappa shape index (κ1) is 31.7. The minimum absolute atomic E-state index is 0.198. The molecule has 0 radical (unpaired) electrons. The third-order valence-corrected chi connectivity index (χ3v) is 7.96. The predicted molar refractivity (Wildman–Crippen MR) is 152 cm³/mol. The van der Waals surface area contributed by atoms with Crippen LogP contribution < -0.4 is 14.9 Å². The van der Waals surface area contributed by atoms with Crippen LogP contribution in [-0.2, 0) is 9.53 Å². The number of hydrogen-bond acceptors (Lipinski definition) is 12. The Balaban J connectivity index is 1.74. The fourth-order valence-corrected chi connectivity index (χ4v) is 5.50. The van der Waals surface area contributed by atoms with Crippen molar-refractivity contribution in [2.75, 3.05) is 41.0 Å². The molecule has 42 heavy (non-hydrogen) atoms. The number of nitrogens with zero attached hydrogens (tertiary/aromatic N) is 1. The molecule has 6 atom stereocenters. The number of carbonyl (C=O) groups excluding carboxylic acids is 1. The lowest BCUT2D eigenvalue weighted by Gasteiger charge is -2.28. The van der Waals surface area contributed by atoms with Crippen LogP contribution in [0.3, 0.4) is 0 Å². The summed E-state index contributed by atoms with van der Waals surface area (Å²) >= 11 is 6.41. The Hall–Kier alpha value is -3.23. The molecule has 13 heteroatoms. The van der Waals surface area contributed by atoms with Gasteiger partial charge in [0, 0.05) is 29.2 Å². The van der Waals surface area contributed by atoms with Gasteiger partial charge in [-0.3, -0.25) is 9.69 Å². The Bertz CT molecular complexity index is 1480. The number of halogens is 1. The van der Waals surface area contributed by atoms with Gasteiger partial charge >= 0.3 is 5.97 Å². The Kier molecular flexibility index (Phi) is 10.1. The zero-order chi connectivity index (χ0) is 30.7. The molecule has 0 unspecified atom stereocenters. The highest BCUT2D eigenvalue weighted by Crippen LogP contribution is 2.45. The average Bonchev–Trinajstić information content (AvgIpc) is 3.36. The quantitative estimate of drug-likeness (QED) is 0.195. The summed E-state index contributed by atoms with van der Waals surface area (Å²) in [5.74, 6) is -0.749. The van der Waals surface area contributed by atoms with Gasteiger partial charge in [0.15, 0.2) is 11.5 Å². The molecule has 0 amide bonds. The van der Waals surface area contributed by atoms with Crippen molar-refractivity contribution in [3.8, 4) is 22.8 Å². The first-order valence-corrected chi connectivity index (χ1v) is 13.6. The van der Waals surface area contributed by atoms with Crippen molar-refractivity contribution in [2.24, 2.45) is 0 Å². The SMILES string of the molecule is COc1cc(OC)c2c(=O)cc(-c3ccccc3Cl)oc2c1[C@H]1CCN(C)[C@@H]1COC(=O)[C@H](O)[C@@H](O)[C@H](O)[C@H](O)CO.